The Morgan fingerprint density at radius 2 is 2.07 bits per heavy atom. The van der Waals surface area contributed by atoms with E-state index in [-0.39, 0.29) is 11.5 Å². The minimum atomic E-state index is 0.141. The summed E-state index contributed by atoms with van der Waals surface area (Å²) in [6, 6.07) is 6.55. The Bertz CT molecular complexity index is 365. The van der Waals surface area contributed by atoms with Crippen molar-refractivity contribution < 1.29 is 4.74 Å². The second kappa shape index (κ2) is 3.53. The van der Waals surface area contributed by atoms with Gasteiger partial charge >= 0.3 is 0 Å². The van der Waals surface area contributed by atoms with Gasteiger partial charge in [-0.1, -0.05) is 32.9 Å². The molecule has 82 valence electrons. The maximum Gasteiger partial charge on any atom is 0.124 e. The third-order valence-corrected chi connectivity index (χ3v) is 2.97. The summed E-state index contributed by atoms with van der Waals surface area (Å²) in [7, 11) is 0. The van der Waals surface area contributed by atoms with Gasteiger partial charge in [-0.2, -0.15) is 0 Å². The normalized spacial score (nSPS) is 20.7. The Kier molecular flexibility index (Phi) is 2.47. The zero-order valence-electron chi connectivity index (χ0n) is 9.71. The summed E-state index contributed by atoms with van der Waals surface area (Å²) in [4.78, 5) is 0. The first kappa shape index (κ1) is 10.5. The second-order valence-corrected chi connectivity index (χ2v) is 5.25. The fourth-order valence-corrected chi connectivity index (χ4v) is 1.88. The third kappa shape index (κ3) is 2.00. The first-order chi connectivity index (χ1) is 6.98. The number of fused-ring (bicyclic) bond motifs is 1. The van der Waals surface area contributed by atoms with Gasteiger partial charge in [0.1, 0.15) is 5.75 Å². The number of hydrogen-bond donors (Lipinski definition) is 1. The van der Waals surface area contributed by atoms with Gasteiger partial charge < -0.3 is 10.5 Å². The van der Waals surface area contributed by atoms with Gasteiger partial charge in [-0.05, 0) is 17.0 Å². The molecule has 1 atom stereocenters. The van der Waals surface area contributed by atoms with Crippen molar-refractivity contribution in [2.45, 2.75) is 38.6 Å². The largest absolute Gasteiger partial charge is 0.493 e. The van der Waals surface area contributed by atoms with Crippen LogP contribution in [0.25, 0.3) is 0 Å². The number of benzene rings is 1. The molecule has 1 aliphatic heterocycles. The maximum absolute atomic E-state index is 6.03. The van der Waals surface area contributed by atoms with Gasteiger partial charge in [0.05, 0.1) is 6.61 Å². The van der Waals surface area contributed by atoms with Crippen molar-refractivity contribution in [2.75, 3.05) is 6.61 Å². The first-order valence-corrected chi connectivity index (χ1v) is 5.51. The molecule has 2 heteroatoms. The van der Waals surface area contributed by atoms with E-state index in [2.05, 4.69) is 39.0 Å². The van der Waals surface area contributed by atoms with E-state index in [0.29, 0.717) is 0 Å². The summed E-state index contributed by atoms with van der Waals surface area (Å²) < 4.78 is 5.65. The summed E-state index contributed by atoms with van der Waals surface area (Å²) in [6.45, 7) is 7.36. The van der Waals surface area contributed by atoms with Crippen molar-refractivity contribution in [1.82, 2.24) is 0 Å². The Balaban J connectivity index is 2.42. The van der Waals surface area contributed by atoms with E-state index in [1.807, 2.05) is 0 Å². The number of ether oxygens (including phenoxy) is 1. The van der Waals surface area contributed by atoms with E-state index in [0.717, 1.165) is 24.3 Å². The van der Waals surface area contributed by atoms with E-state index in [4.69, 9.17) is 10.5 Å². The monoisotopic (exact) mass is 205 g/mol. The lowest BCUT2D eigenvalue weighted by atomic mass is 9.85. The van der Waals surface area contributed by atoms with E-state index in [9.17, 15) is 0 Å². The van der Waals surface area contributed by atoms with E-state index < -0.39 is 0 Å². The highest BCUT2D eigenvalue weighted by molar-refractivity contribution is 5.42. The predicted molar refractivity (Wildman–Crippen MR) is 62.2 cm³/mol. The molecule has 0 radical (unpaired) electrons. The Morgan fingerprint density at radius 1 is 1.33 bits per heavy atom. The lowest BCUT2D eigenvalue weighted by Crippen LogP contribution is -2.21. The maximum atomic E-state index is 6.03. The van der Waals surface area contributed by atoms with Crippen molar-refractivity contribution in [3.8, 4) is 5.75 Å². The zero-order valence-corrected chi connectivity index (χ0v) is 9.71. The van der Waals surface area contributed by atoms with Gasteiger partial charge in [-0.15, -0.1) is 0 Å². The fourth-order valence-electron chi connectivity index (χ4n) is 1.88. The molecule has 0 saturated heterocycles. The zero-order chi connectivity index (χ0) is 11.1. The molecule has 1 aromatic carbocycles. The molecule has 0 fully saturated rings. The molecule has 1 aliphatic rings. The number of rotatable bonds is 0. The van der Waals surface area contributed by atoms with Crippen LogP contribution in [0.3, 0.4) is 0 Å². The van der Waals surface area contributed by atoms with Crippen molar-refractivity contribution in [1.29, 1.82) is 0 Å². The second-order valence-electron chi connectivity index (χ2n) is 5.25. The molecule has 15 heavy (non-hydrogen) atoms. The molecule has 0 saturated carbocycles. The molecule has 0 spiro atoms. The molecular weight excluding hydrogens is 186 g/mol. The third-order valence-electron chi connectivity index (χ3n) is 2.97. The molecule has 1 aromatic rings. The van der Waals surface area contributed by atoms with E-state index in [1.165, 1.54) is 5.56 Å². The van der Waals surface area contributed by atoms with Crippen LogP contribution < -0.4 is 10.5 Å². The quantitative estimate of drug-likeness (QED) is 0.707. The molecule has 0 bridgehead atoms. The van der Waals surface area contributed by atoms with Crippen LogP contribution in [0.2, 0.25) is 0 Å². The van der Waals surface area contributed by atoms with Crippen LogP contribution in [0.4, 0.5) is 0 Å². The van der Waals surface area contributed by atoms with Crippen LogP contribution in [0.15, 0.2) is 18.2 Å². The summed E-state index contributed by atoms with van der Waals surface area (Å²) >= 11 is 0. The molecule has 1 heterocycles. The van der Waals surface area contributed by atoms with E-state index >= 15 is 0 Å². The van der Waals surface area contributed by atoms with Crippen LogP contribution in [-0.4, -0.2) is 6.61 Å². The summed E-state index contributed by atoms with van der Waals surface area (Å²) in [5.41, 5.74) is 8.64. The molecular formula is C13H19NO. The average molecular weight is 205 g/mol. The molecule has 2 rings (SSSR count). The first-order valence-electron chi connectivity index (χ1n) is 5.51. The summed E-state index contributed by atoms with van der Waals surface area (Å²) in [5, 5.41) is 0. The fraction of sp³-hybridized carbons (Fsp3) is 0.538. The lowest BCUT2D eigenvalue weighted by Gasteiger charge is -2.26. The number of hydrogen-bond acceptors (Lipinski definition) is 2. The Labute approximate surface area is 91.4 Å². The summed E-state index contributed by atoms with van der Waals surface area (Å²) in [6.07, 6.45) is 0.919. The molecule has 2 nitrogen and oxygen atoms in total. The smallest absolute Gasteiger partial charge is 0.124 e. The lowest BCUT2D eigenvalue weighted by molar-refractivity contribution is 0.268. The van der Waals surface area contributed by atoms with Gasteiger partial charge in [0.15, 0.2) is 0 Å². The standard InChI is InChI=1S/C13H19NO/c1-13(2,3)9-4-5-10-11(14)6-7-15-12(10)8-9/h4-5,8,11H,6-7,14H2,1-3H3. The molecule has 1 unspecified atom stereocenters. The highest BCUT2D eigenvalue weighted by atomic mass is 16.5. The van der Waals surface area contributed by atoms with Crippen LogP contribution in [-0.2, 0) is 5.41 Å². The van der Waals surface area contributed by atoms with E-state index in [1.54, 1.807) is 0 Å². The molecule has 0 aliphatic carbocycles. The minimum Gasteiger partial charge on any atom is -0.493 e. The van der Waals surface area contributed by atoms with Crippen molar-refractivity contribution in [3.63, 3.8) is 0 Å². The Hall–Kier alpha value is -1.02. The molecule has 0 aromatic heterocycles. The SMILES string of the molecule is CC(C)(C)c1ccc2c(c1)OCCC2N. The molecule has 2 N–H and O–H groups in total. The highest BCUT2D eigenvalue weighted by Crippen LogP contribution is 2.34. The van der Waals surface area contributed by atoms with Crippen LogP contribution in [0.5, 0.6) is 5.75 Å². The van der Waals surface area contributed by atoms with Gasteiger partial charge in [0.2, 0.25) is 0 Å². The van der Waals surface area contributed by atoms with Gasteiger partial charge in [0, 0.05) is 18.0 Å². The predicted octanol–water partition coefficient (Wildman–Crippen LogP) is 2.77. The average Bonchev–Trinajstić information content (AvgIpc) is 2.16. The number of nitrogens with two attached hydrogens (primary N) is 1. The van der Waals surface area contributed by atoms with Gasteiger partial charge in [-0.3, -0.25) is 0 Å². The van der Waals surface area contributed by atoms with Crippen LogP contribution in [0.1, 0.15) is 44.4 Å². The molecule has 0 amide bonds. The topological polar surface area (TPSA) is 35.2 Å². The van der Waals surface area contributed by atoms with Gasteiger partial charge in [0.25, 0.3) is 0 Å². The van der Waals surface area contributed by atoms with Gasteiger partial charge in [-0.25, -0.2) is 0 Å². The summed E-state index contributed by atoms with van der Waals surface area (Å²) in [5.74, 6) is 0.973. The van der Waals surface area contributed by atoms with Crippen molar-refractivity contribution in [3.05, 3.63) is 29.3 Å². The van der Waals surface area contributed by atoms with Crippen LogP contribution in [0, 0.1) is 0 Å². The van der Waals surface area contributed by atoms with Crippen molar-refractivity contribution >= 4 is 0 Å². The van der Waals surface area contributed by atoms with Crippen LogP contribution >= 0.6 is 0 Å². The minimum absolute atomic E-state index is 0.141. The highest BCUT2D eigenvalue weighted by Gasteiger charge is 2.21. The Morgan fingerprint density at radius 3 is 2.73 bits per heavy atom. The van der Waals surface area contributed by atoms with Crippen molar-refractivity contribution in [2.24, 2.45) is 5.73 Å².